The van der Waals surface area contributed by atoms with Crippen molar-refractivity contribution >= 4 is 46.2 Å². The van der Waals surface area contributed by atoms with Crippen molar-refractivity contribution in [1.29, 1.82) is 0 Å². The maximum atomic E-state index is 14.0. The highest BCUT2D eigenvalue weighted by Gasteiger charge is 2.18. The zero-order valence-corrected chi connectivity index (χ0v) is 25.1. The number of nitrogens with zero attached hydrogens (tertiary/aromatic N) is 6. The van der Waals surface area contributed by atoms with E-state index in [4.69, 9.17) is 29.6 Å². The molecule has 220 valence electrons. The van der Waals surface area contributed by atoms with Gasteiger partial charge in [0, 0.05) is 53.9 Å². The van der Waals surface area contributed by atoms with Crippen LogP contribution in [0, 0.1) is 18.7 Å². The number of aromatic nitrogens is 5. The number of hydrogen-bond acceptors (Lipinski definition) is 7. The van der Waals surface area contributed by atoms with Crippen molar-refractivity contribution in [3.05, 3.63) is 76.9 Å². The lowest BCUT2D eigenvalue weighted by Gasteiger charge is -2.30. The van der Waals surface area contributed by atoms with Crippen LogP contribution in [-0.2, 0) is 17.9 Å². The number of piperidine rings is 1. The Morgan fingerprint density at radius 3 is 2.90 bits per heavy atom. The largest absolute Gasteiger partial charge is 0.401 e. The van der Waals surface area contributed by atoms with Crippen molar-refractivity contribution in [3.63, 3.8) is 0 Å². The number of fused-ring (bicyclic) bond motifs is 1. The monoisotopic (exact) mass is 609 g/mol. The predicted octanol–water partition coefficient (Wildman–Crippen LogP) is 4.32. The number of aryl methyl sites for hydroxylation is 1. The zero-order valence-electron chi connectivity index (χ0n) is 23.5. The van der Waals surface area contributed by atoms with Crippen LogP contribution in [0.4, 0.5) is 10.2 Å². The SMILES string of the molecule is Cc1cn2c(-c3cnn(CC(=O)NCc4c(F)cccc4Cl)c3)cnc2c(NC(=S)C=C(N)CN2CCCC(C)C2)n1. The van der Waals surface area contributed by atoms with E-state index < -0.39 is 5.82 Å². The van der Waals surface area contributed by atoms with Crippen molar-refractivity contribution in [3.8, 4) is 11.3 Å². The summed E-state index contributed by atoms with van der Waals surface area (Å²) in [6.07, 6.45) is 11.2. The summed E-state index contributed by atoms with van der Waals surface area (Å²) in [7, 11) is 0. The van der Waals surface area contributed by atoms with Gasteiger partial charge in [0.15, 0.2) is 11.5 Å². The van der Waals surface area contributed by atoms with Crippen LogP contribution in [0.1, 0.15) is 31.0 Å². The molecule has 3 aromatic heterocycles. The number of carbonyl (C=O) groups excluding carboxylic acids is 1. The van der Waals surface area contributed by atoms with Crippen molar-refractivity contribution < 1.29 is 9.18 Å². The molecule has 1 aliphatic rings. The zero-order chi connectivity index (χ0) is 29.8. The van der Waals surface area contributed by atoms with E-state index in [9.17, 15) is 9.18 Å². The van der Waals surface area contributed by atoms with Gasteiger partial charge in [0.1, 0.15) is 17.4 Å². The van der Waals surface area contributed by atoms with Gasteiger partial charge in [-0.2, -0.15) is 5.10 Å². The Kier molecular flexibility index (Phi) is 9.15. The van der Waals surface area contributed by atoms with Gasteiger partial charge in [-0.25, -0.2) is 14.4 Å². The minimum atomic E-state index is -0.470. The van der Waals surface area contributed by atoms with Crippen molar-refractivity contribution in [1.82, 2.24) is 34.4 Å². The van der Waals surface area contributed by atoms with Crippen LogP contribution in [0.25, 0.3) is 16.9 Å². The summed E-state index contributed by atoms with van der Waals surface area (Å²) in [4.78, 5) is 24.5. The second kappa shape index (κ2) is 13.0. The molecule has 1 saturated heterocycles. The van der Waals surface area contributed by atoms with Crippen LogP contribution in [0.5, 0.6) is 0 Å². The summed E-state index contributed by atoms with van der Waals surface area (Å²) in [5, 5.41) is 10.5. The molecule has 0 saturated carbocycles. The number of rotatable bonds is 9. The van der Waals surface area contributed by atoms with E-state index in [0.29, 0.717) is 34.6 Å². The van der Waals surface area contributed by atoms with E-state index in [2.05, 4.69) is 37.5 Å². The molecule has 10 nitrogen and oxygen atoms in total. The lowest BCUT2D eigenvalue weighted by molar-refractivity contribution is -0.122. The van der Waals surface area contributed by atoms with Gasteiger partial charge in [-0.1, -0.05) is 36.8 Å². The number of likely N-dealkylation sites (tertiary alicyclic amines) is 1. The highest BCUT2D eigenvalue weighted by atomic mass is 35.5. The molecule has 4 N–H and O–H groups in total. The number of halogens is 2. The molecule has 0 spiro atoms. The molecule has 13 heteroatoms. The molecule has 4 heterocycles. The maximum Gasteiger partial charge on any atom is 0.242 e. The topological polar surface area (TPSA) is 118 Å². The predicted molar refractivity (Wildman–Crippen MR) is 166 cm³/mol. The van der Waals surface area contributed by atoms with Crippen molar-refractivity contribution in [2.75, 3.05) is 25.0 Å². The summed E-state index contributed by atoms with van der Waals surface area (Å²) >= 11 is 11.6. The summed E-state index contributed by atoms with van der Waals surface area (Å²) < 4.78 is 17.4. The molecule has 1 unspecified atom stereocenters. The minimum absolute atomic E-state index is 0.0199. The Bertz CT molecular complexity index is 1630. The third kappa shape index (κ3) is 7.12. The van der Waals surface area contributed by atoms with Gasteiger partial charge in [0.05, 0.1) is 23.8 Å². The Labute approximate surface area is 253 Å². The van der Waals surface area contributed by atoms with Gasteiger partial charge in [0.25, 0.3) is 0 Å². The first kappa shape index (κ1) is 29.6. The number of nitrogens with two attached hydrogens (primary N) is 1. The van der Waals surface area contributed by atoms with E-state index in [-0.39, 0.29) is 29.6 Å². The molecule has 0 aliphatic carbocycles. The fourth-order valence-corrected chi connectivity index (χ4v) is 5.61. The van der Waals surface area contributed by atoms with Crippen LogP contribution in [-0.4, -0.2) is 59.6 Å². The van der Waals surface area contributed by atoms with Crippen LogP contribution >= 0.6 is 23.8 Å². The van der Waals surface area contributed by atoms with Gasteiger partial charge >= 0.3 is 0 Å². The fraction of sp³-hybridized carbons (Fsp3) is 0.345. The van der Waals surface area contributed by atoms with Crippen LogP contribution in [0.15, 0.2) is 54.8 Å². The number of nitrogens with one attached hydrogen (secondary N) is 2. The number of imidazole rings is 1. The standard InChI is InChI=1S/C29H33ClFN9OS/c1-18-5-4-8-38(13-18)16-21(32)9-27(42)37-28-29-34-12-25(40(29)14-19(2)36-28)20-10-35-39(15-20)17-26(41)33-11-22-23(30)6-3-7-24(22)31/h3,6-7,9-10,12,14-15,18H,4-5,8,11,13,16-17,32H2,1-2H3,(H,33,41)(H,36,37,42). The highest BCUT2D eigenvalue weighted by molar-refractivity contribution is 7.81. The number of benzene rings is 1. The molecule has 1 aliphatic heterocycles. The number of carbonyl (C=O) groups is 1. The molecule has 1 amide bonds. The van der Waals surface area contributed by atoms with Crippen LogP contribution in [0.3, 0.4) is 0 Å². The van der Waals surface area contributed by atoms with E-state index in [1.54, 1.807) is 30.7 Å². The minimum Gasteiger partial charge on any atom is -0.401 e. The summed E-state index contributed by atoms with van der Waals surface area (Å²) in [5.41, 5.74) is 10.1. The number of anilines is 1. The summed E-state index contributed by atoms with van der Waals surface area (Å²) in [6.45, 7) is 6.84. The van der Waals surface area contributed by atoms with Crippen LogP contribution in [0.2, 0.25) is 5.02 Å². The molecule has 1 aromatic carbocycles. The first-order valence-corrected chi connectivity index (χ1v) is 14.5. The van der Waals surface area contributed by atoms with E-state index >= 15 is 0 Å². The average molecular weight is 610 g/mol. The molecule has 1 fully saturated rings. The molecule has 0 radical (unpaired) electrons. The molecule has 0 bridgehead atoms. The van der Waals surface area contributed by atoms with Crippen molar-refractivity contribution in [2.45, 2.75) is 39.8 Å². The molecule has 42 heavy (non-hydrogen) atoms. The highest BCUT2D eigenvalue weighted by Crippen LogP contribution is 2.24. The number of thiocarbonyl (C=S) groups is 1. The van der Waals surface area contributed by atoms with Gasteiger partial charge in [-0.05, 0) is 50.4 Å². The quantitative estimate of drug-likeness (QED) is 0.190. The maximum absolute atomic E-state index is 14.0. The summed E-state index contributed by atoms with van der Waals surface area (Å²) in [5.74, 6) is 0.387. The Morgan fingerprint density at radius 1 is 1.29 bits per heavy atom. The Hall–Kier alpha value is -3.87. The normalized spacial score (nSPS) is 16.1. The molecular formula is C29H33ClFN9OS. The number of hydrogen-bond donors (Lipinski definition) is 3. The third-order valence-corrected chi connectivity index (χ3v) is 7.65. The average Bonchev–Trinajstić information content (AvgIpc) is 3.55. The van der Waals surface area contributed by atoms with E-state index in [1.165, 1.54) is 29.7 Å². The Balaban J connectivity index is 1.26. The van der Waals surface area contributed by atoms with Gasteiger partial charge in [-0.15, -0.1) is 0 Å². The van der Waals surface area contributed by atoms with E-state index in [0.717, 1.165) is 30.0 Å². The second-order valence-corrected chi connectivity index (χ2v) is 11.5. The van der Waals surface area contributed by atoms with Crippen molar-refractivity contribution in [2.24, 2.45) is 11.7 Å². The third-order valence-electron chi connectivity index (χ3n) is 7.08. The van der Waals surface area contributed by atoms with E-state index in [1.807, 2.05) is 17.5 Å². The number of amides is 1. The molecule has 1 atom stereocenters. The second-order valence-electron chi connectivity index (χ2n) is 10.7. The summed E-state index contributed by atoms with van der Waals surface area (Å²) in [6, 6.07) is 4.40. The molecular weight excluding hydrogens is 577 g/mol. The molecule has 5 rings (SSSR count). The lowest BCUT2D eigenvalue weighted by atomic mass is 10.0. The first-order valence-electron chi connectivity index (χ1n) is 13.7. The van der Waals surface area contributed by atoms with Gasteiger partial charge < -0.3 is 16.4 Å². The van der Waals surface area contributed by atoms with Gasteiger partial charge in [0.2, 0.25) is 5.91 Å². The smallest absolute Gasteiger partial charge is 0.242 e. The fourth-order valence-electron chi connectivity index (χ4n) is 5.14. The first-order chi connectivity index (χ1) is 20.2. The van der Waals surface area contributed by atoms with Gasteiger partial charge in [-0.3, -0.25) is 18.8 Å². The Morgan fingerprint density at radius 2 is 2.12 bits per heavy atom. The van der Waals surface area contributed by atoms with Crippen LogP contribution < -0.4 is 16.4 Å². The molecule has 4 aromatic rings. The lowest BCUT2D eigenvalue weighted by Crippen LogP contribution is -2.37.